The van der Waals surface area contributed by atoms with Gasteiger partial charge in [0.15, 0.2) is 7.14 Å². The molecule has 3 aromatic carbocycles. The van der Waals surface area contributed by atoms with E-state index >= 15 is 0 Å². The summed E-state index contributed by atoms with van der Waals surface area (Å²) in [6.45, 7) is 7.97. The minimum Gasteiger partial charge on any atom is -0.497 e. The van der Waals surface area contributed by atoms with Gasteiger partial charge in [0, 0.05) is 35.4 Å². The number of benzene rings is 3. The number of methoxy groups -OCH3 is 1. The average molecular weight is 661 g/mol. The van der Waals surface area contributed by atoms with Gasteiger partial charge in [-0.3, -0.25) is 14.7 Å². The molecule has 240 valence electrons. The van der Waals surface area contributed by atoms with Gasteiger partial charge < -0.3 is 24.3 Å². The van der Waals surface area contributed by atoms with Gasteiger partial charge in [0.2, 0.25) is 0 Å². The number of hydrogen-bond acceptors (Lipinski definition) is 7. The first-order chi connectivity index (χ1) is 22.1. The van der Waals surface area contributed by atoms with Crippen molar-refractivity contribution >= 4 is 46.2 Å². The summed E-state index contributed by atoms with van der Waals surface area (Å²) in [5, 5.41) is 22.6. The molecule has 2 unspecified atom stereocenters. The monoisotopic (exact) mass is 660 g/mol. The average Bonchev–Trinajstić information content (AvgIpc) is 3.07. The van der Waals surface area contributed by atoms with E-state index in [4.69, 9.17) is 26.2 Å². The lowest BCUT2D eigenvalue weighted by atomic mass is 9.73. The van der Waals surface area contributed by atoms with E-state index in [1.54, 1.807) is 37.6 Å². The van der Waals surface area contributed by atoms with Gasteiger partial charge in [0.1, 0.15) is 17.2 Å². The van der Waals surface area contributed by atoms with E-state index in [2.05, 4.69) is 22.5 Å². The van der Waals surface area contributed by atoms with Crippen LogP contribution < -0.4 is 20.1 Å². The van der Waals surface area contributed by atoms with Crippen molar-refractivity contribution in [1.82, 2.24) is 9.88 Å². The molecular weight excluding hydrogens is 623 g/mol. The Morgan fingerprint density at radius 3 is 2.63 bits per heavy atom. The summed E-state index contributed by atoms with van der Waals surface area (Å²) in [6, 6.07) is 18.4. The fraction of sp³-hybridized carbons (Fsp3) is 0.333. The van der Waals surface area contributed by atoms with Crippen LogP contribution in [0.3, 0.4) is 0 Å². The van der Waals surface area contributed by atoms with E-state index in [-0.39, 0.29) is 18.6 Å². The number of rotatable bonds is 7. The van der Waals surface area contributed by atoms with E-state index in [1.165, 1.54) is 6.42 Å². The second-order valence-corrected chi connectivity index (χ2v) is 15.6. The van der Waals surface area contributed by atoms with Crippen LogP contribution >= 0.6 is 18.7 Å². The molecule has 5 heterocycles. The molecule has 8 rings (SSSR count). The van der Waals surface area contributed by atoms with Gasteiger partial charge in [-0.15, -0.1) is 6.58 Å². The smallest absolute Gasteiger partial charge is 0.303 e. The third kappa shape index (κ3) is 6.19. The topological polar surface area (TPSA) is 109 Å². The Hall–Kier alpha value is -3.68. The van der Waals surface area contributed by atoms with Crippen molar-refractivity contribution in [2.24, 2.45) is 11.8 Å². The van der Waals surface area contributed by atoms with Gasteiger partial charge in [0.25, 0.3) is 0 Å². The second kappa shape index (κ2) is 13.2. The molecule has 3 saturated heterocycles. The number of carboxylic acids is 1. The van der Waals surface area contributed by atoms with Crippen molar-refractivity contribution in [2.45, 2.75) is 38.3 Å². The highest BCUT2D eigenvalue weighted by Crippen LogP contribution is 2.53. The van der Waals surface area contributed by atoms with Gasteiger partial charge in [0.05, 0.1) is 35.8 Å². The summed E-state index contributed by atoms with van der Waals surface area (Å²) in [6.07, 6.45) is 5.50. The van der Waals surface area contributed by atoms with Gasteiger partial charge in [-0.2, -0.15) is 0 Å². The molecule has 2 N–H and O–H groups in total. The van der Waals surface area contributed by atoms with Crippen LogP contribution in [-0.2, 0) is 9.36 Å². The summed E-state index contributed by atoms with van der Waals surface area (Å²) in [4.78, 5) is 17.8. The number of ether oxygens (including phenoxy) is 2. The van der Waals surface area contributed by atoms with Crippen molar-refractivity contribution in [1.29, 1.82) is 0 Å². The quantitative estimate of drug-likeness (QED) is 0.166. The molecule has 46 heavy (non-hydrogen) atoms. The van der Waals surface area contributed by atoms with Crippen LogP contribution in [0.4, 0.5) is 0 Å². The van der Waals surface area contributed by atoms with Crippen molar-refractivity contribution < 1.29 is 29.0 Å². The van der Waals surface area contributed by atoms with E-state index in [0.29, 0.717) is 39.0 Å². The van der Waals surface area contributed by atoms with Crippen LogP contribution in [0, 0.1) is 18.8 Å². The molecule has 10 heteroatoms. The number of aromatic nitrogens is 1. The molecule has 6 atom stereocenters. The Balaban J connectivity index is 0.000000162. The van der Waals surface area contributed by atoms with Crippen molar-refractivity contribution in [3.8, 4) is 17.2 Å². The van der Waals surface area contributed by atoms with Gasteiger partial charge in [-0.1, -0.05) is 29.3 Å². The molecule has 2 bridgehead atoms. The fourth-order valence-electron chi connectivity index (χ4n) is 7.04. The maximum absolute atomic E-state index is 13.7. The minimum absolute atomic E-state index is 0.0511. The standard InChI is InChI=1S/C20H24N2O2.C16H14ClO4P/c1-3-13-12-22-9-7-14(13)10-19(22)20(23)16-6-8-21-18-5-4-15(24-2)11-17(16)18;1-10-2-4-12-14(8-10)22(20,7-6-16(18)19)15-9-11(17)3-5-13(15)21-12/h3-6,8,11,13-14,19-20,23H,1,7,9-10,12H2,2H3;2-5,8-9H,6-7H2,1H3,(H,18,19)/t13-,14-,19-,20+;/m0./s1. The van der Waals surface area contributed by atoms with Crippen LogP contribution in [0.2, 0.25) is 5.02 Å². The first kappa shape index (κ1) is 32.3. The number of aliphatic hydroxyl groups excluding tert-OH is 1. The zero-order valence-corrected chi connectivity index (χ0v) is 27.6. The van der Waals surface area contributed by atoms with Gasteiger partial charge >= 0.3 is 5.97 Å². The number of aliphatic carboxylic acids is 1. The van der Waals surface area contributed by atoms with E-state index in [1.807, 2.05) is 43.3 Å². The molecule has 8 nitrogen and oxygen atoms in total. The second-order valence-electron chi connectivity index (χ2n) is 12.3. The number of nitrogens with zero attached hydrogens (tertiary/aromatic N) is 2. The molecule has 0 aliphatic carbocycles. The highest BCUT2D eigenvalue weighted by molar-refractivity contribution is 7.79. The summed E-state index contributed by atoms with van der Waals surface area (Å²) >= 11 is 6.03. The van der Waals surface area contributed by atoms with E-state index in [9.17, 15) is 14.5 Å². The Morgan fingerprint density at radius 1 is 1.17 bits per heavy atom. The number of hydrogen-bond donors (Lipinski definition) is 2. The van der Waals surface area contributed by atoms with Crippen LogP contribution in [0.15, 0.2) is 79.5 Å². The largest absolute Gasteiger partial charge is 0.497 e. The summed E-state index contributed by atoms with van der Waals surface area (Å²) in [7, 11) is -1.43. The molecule has 3 fully saturated rings. The van der Waals surface area contributed by atoms with Gasteiger partial charge in [-0.05, 0) is 98.3 Å². The number of carboxylic acid groups (broad SMARTS) is 1. The Labute approximate surface area is 274 Å². The Morgan fingerprint density at radius 2 is 1.93 bits per heavy atom. The lowest BCUT2D eigenvalue weighted by Gasteiger charge is -2.50. The van der Waals surface area contributed by atoms with Crippen LogP contribution in [0.5, 0.6) is 17.2 Å². The molecule has 0 radical (unpaired) electrons. The zero-order valence-electron chi connectivity index (χ0n) is 25.9. The lowest BCUT2D eigenvalue weighted by Crippen LogP contribution is -2.54. The minimum atomic E-state index is -3.09. The molecule has 0 spiro atoms. The number of fused-ring (bicyclic) bond motifs is 6. The van der Waals surface area contributed by atoms with Gasteiger partial charge in [-0.25, -0.2) is 0 Å². The lowest BCUT2D eigenvalue weighted by molar-refractivity contribution is -0.136. The predicted octanol–water partition coefficient (Wildman–Crippen LogP) is 6.72. The summed E-state index contributed by atoms with van der Waals surface area (Å²) in [5.41, 5.74) is 2.79. The Bertz CT molecular complexity index is 1790. The molecular formula is C36H38ClN2O6P. The number of halogens is 1. The number of aliphatic hydroxyl groups is 1. The molecule has 4 aliphatic rings. The Kier molecular flexibility index (Phi) is 9.26. The highest BCUT2D eigenvalue weighted by atomic mass is 35.5. The van der Waals surface area contributed by atoms with Crippen LogP contribution in [0.1, 0.15) is 36.5 Å². The molecule has 4 aliphatic heterocycles. The first-order valence-corrected chi connectivity index (χ1v) is 17.8. The fourth-order valence-corrected chi connectivity index (χ4v) is 10.2. The third-order valence-electron chi connectivity index (χ3n) is 9.49. The maximum atomic E-state index is 13.7. The maximum Gasteiger partial charge on any atom is 0.303 e. The first-order valence-electron chi connectivity index (χ1n) is 15.5. The molecule has 0 amide bonds. The normalized spacial score (nSPS) is 24.9. The third-order valence-corrected chi connectivity index (χ3v) is 12.8. The molecule has 1 aromatic heterocycles. The van der Waals surface area contributed by atoms with Crippen molar-refractivity contribution in [2.75, 3.05) is 26.4 Å². The number of carbonyl (C=O) groups is 1. The van der Waals surface area contributed by atoms with E-state index in [0.717, 1.165) is 47.3 Å². The summed E-state index contributed by atoms with van der Waals surface area (Å²) < 4.78 is 24.8. The molecule has 4 aromatic rings. The molecule has 0 saturated carbocycles. The predicted molar refractivity (Wildman–Crippen MR) is 182 cm³/mol. The zero-order chi connectivity index (χ0) is 32.6. The number of pyridine rings is 1. The van der Waals surface area contributed by atoms with Crippen LogP contribution in [0.25, 0.3) is 10.9 Å². The number of piperidine rings is 3. The van der Waals surface area contributed by atoms with Crippen molar-refractivity contribution in [3.05, 3.63) is 95.7 Å². The van der Waals surface area contributed by atoms with E-state index < -0.39 is 19.2 Å². The summed E-state index contributed by atoms with van der Waals surface area (Å²) in [5.74, 6) is 2.04. The van der Waals surface area contributed by atoms with Crippen LogP contribution in [-0.4, -0.2) is 58.5 Å². The highest BCUT2D eigenvalue weighted by Gasteiger charge is 2.42. The SMILES string of the molecule is C=C[C@H]1CN2CC[C@H]1C[C@H]2[C@H](O)c1ccnc2ccc(OC)cc12.Cc1ccc2c(c1)P(=O)(CCC(=O)O)c1cc(Cl)ccc1O2. The van der Waals surface area contributed by atoms with Crippen molar-refractivity contribution in [3.63, 3.8) is 0 Å². The number of aryl methyl sites for hydroxylation is 1.